The first-order valence-corrected chi connectivity index (χ1v) is 5.91. The molecule has 0 amide bonds. The molecule has 3 rings (SSSR count). The molecule has 0 aliphatic rings. The Balaban J connectivity index is 1.87. The number of aromatic nitrogens is 6. The molecule has 2 N–H and O–H groups in total. The number of H-pyrrole nitrogens is 1. The molecule has 7 nitrogen and oxygen atoms in total. The van der Waals surface area contributed by atoms with Gasteiger partial charge in [0.15, 0.2) is 5.65 Å². The molecule has 0 atom stereocenters. The van der Waals surface area contributed by atoms with E-state index >= 15 is 0 Å². The summed E-state index contributed by atoms with van der Waals surface area (Å²) in [4.78, 5) is 17.1. The summed E-state index contributed by atoms with van der Waals surface area (Å²) in [5.41, 5.74) is 2.49. The minimum atomic E-state index is 0.561. The van der Waals surface area contributed by atoms with Gasteiger partial charge in [0.2, 0.25) is 0 Å². The highest BCUT2D eigenvalue weighted by molar-refractivity contribution is 5.85. The molecule has 0 saturated carbocycles. The molecule has 0 saturated heterocycles. The second-order valence-electron chi connectivity index (χ2n) is 4.26. The lowest BCUT2D eigenvalue weighted by Crippen LogP contribution is -2.06. The van der Waals surface area contributed by atoms with Crippen LogP contribution in [0.4, 0.5) is 5.82 Å². The Kier molecular flexibility index (Phi) is 2.79. The molecule has 3 heterocycles. The number of nitrogens with zero attached hydrogens (tertiary/aromatic N) is 5. The molecule has 3 aromatic heterocycles. The first-order valence-electron chi connectivity index (χ1n) is 5.91. The number of nitrogens with one attached hydrogen (secondary N) is 2. The Morgan fingerprint density at radius 1 is 1.11 bits per heavy atom. The van der Waals surface area contributed by atoms with E-state index in [4.69, 9.17) is 0 Å². The van der Waals surface area contributed by atoms with E-state index in [9.17, 15) is 0 Å². The van der Waals surface area contributed by atoms with Crippen LogP contribution in [0.3, 0.4) is 0 Å². The van der Waals surface area contributed by atoms with Crippen molar-refractivity contribution in [2.75, 3.05) is 5.32 Å². The van der Waals surface area contributed by atoms with Crippen molar-refractivity contribution in [1.82, 2.24) is 30.1 Å². The molecule has 0 aliphatic carbocycles. The van der Waals surface area contributed by atoms with Crippen molar-refractivity contribution in [2.45, 2.75) is 20.4 Å². The highest BCUT2D eigenvalue weighted by Crippen LogP contribution is 2.18. The summed E-state index contributed by atoms with van der Waals surface area (Å²) in [7, 11) is 0. The summed E-state index contributed by atoms with van der Waals surface area (Å²) < 4.78 is 0. The van der Waals surface area contributed by atoms with Crippen molar-refractivity contribution in [2.24, 2.45) is 0 Å². The van der Waals surface area contributed by atoms with Gasteiger partial charge in [-0.1, -0.05) is 0 Å². The first kappa shape index (κ1) is 11.5. The van der Waals surface area contributed by atoms with Crippen LogP contribution in [-0.4, -0.2) is 30.1 Å². The largest absolute Gasteiger partial charge is 0.364 e. The Bertz CT molecular complexity index is 719. The van der Waals surface area contributed by atoms with Gasteiger partial charge >= 0.3 is 0 Å². The van der Waals surface area contributed by atoms with Gasteiger partial charge in [-0.2, -0.15) is 5.10 Å². The zero-order chi connectivity index (χ0) is 13.2. The van der Waals surface area contributed by atoms with Crippen LogP contribution < -0.4 is 5.32 Å². The number of hydrogen-bond acceptors (Lipinski definition) is 6. The number of fused-ring (bicyclic) bond motifs is 1. The monoisotopic (exact) mass is 255 g/mol. The van der Waals surface area contributed by atoms with E-state index in [1.54, 1.807) is 18.6 Å². The molecular weight excluding hydrogens is 242 g/mol. The summed E-state index contributed by atoms with van der Waals surface area (Å²) in [5.74, 6) is 1.44. The Hall–Kier alpha value is -2.57. The normalized spacial score (nSPS) is 10.8. The van der Waals surface area contributed by atoms with Crippen LogP contribution in [0.25, 0.3) is 11.0 Å². The van der Waals surface area contributed by atoms with Crippen LogP contribution in [0.15, 0.2) is 18.6 Å². The van der Waals surface area contributed by atoms with Crippen molar-refractivity contribution in [3.63, 3.8) is 0 Å². The lowest BCUT2D eigenvalue weighted by Gasteiger charge is -2.06. The van der Waals surface area contributed by atoms with Crippen molar-refractivity contribution >= 4 is 16.9 Å². The van der Waals surface area contributed by atoms with Crippen LogP contribution in [0.2, 0.25) is 0 Å². The second-order valence-corrected chi connectivity index (χ2v) is 4.26. The average molecular weight is 255 g/mol. The van der Waals surface area contributed by atoms with Crippen molar-refractivity contribution in [1.29, 1.82) is 0 Å². The Labute approximate surface area is 109 Å². The van der Waals surface area contributed by atoms with Gasteiger partial charge in [-0.25, -0.2) is 9.97 Å². The summed E-state index contributed by atoms with van der Waals surface area (Å²) >= 11 is 0. The van der Waals surface area contributed by atoms with E-state index in [1.165, 1.54) is 0 Å². The lowest BCUT2D eigenvalue weighted by molar-refractivity contribution is 0.962. The predicted octanol–water partition coefficient (Wildman–Crippen LogP) is 1.37. The molecule has 0 aliphatic heterocycles. The maximum Gasteiger partial charge on any atom is 0.161 e. The molecule has 96 valence electrons. The number of rotatable bonds is 3. The number of anilines is 1. The standard InChI is InChI=1S/C12H13N7/c1-7-3-13-4-9(16-7)5-14-11-10-6-15-19-12(10)18-8(2)17-11/h3-4,6H,5H2,1-2H3,(H2,14,15,17,18,19). The number of aromatic amines is 1. The van der Waals surface area contributed by atoms with Crippen LogP contribution in [-0.2, 0) is 6.54 Å². The molecule has 3 aromatic rings. The van der Waals surface area contributed by atoms with Gasteiger partial charge in [-0.15, -0.1) is 0 Å². The molecule has 0 spiro atoms. The number of aryl methyl sites for hydroxylation is 2. The molecule has 0 aromatic carbocycles. The molecule has 0 fully saturated rings. The third-order valence-corrected chi connectivity index (χ3v) is 2.66. The SMILES string of the molecule is Cc1cncc(CNc2nc(C)nc3[nH]ncc23)n1. The van der Waals surface area contributed by atoms with Gasteiger partial charge in [-0.05, 0) is 13.8 Å². The summed E-state index contributed by atoms with van der Waals surface area (Å²) in [6, 6.07) is 0. The zero-order valence-electron chi connectivity index (χ0n) is 10.7. The fraction of sp³-hybridized carbons (Fsp3) is 0.250. The maximum absolute atomic E-state index is 4.39. The number of hydrogen-bond donors (Lipinski definition) is 2. The average Bonchev–Trinajstić information content (AvgIpc) is 2.84. The highest BCUT2D eigenvalue weighted by Gasteiger charge is 2.07. The van der Waals surface area contributed by atoms with Gasteiger partial charge in [0, 0.05) is 6.20 Å². The molecule has 0 radical (unpaired) electrons. The molecule has 7 heteroatoms. The van der Waals surface area contributed by atoms with Crippen LogP contribution in [0.1, 0.15) is 17.2 Å². The van der Waals surface area contributed by atoms with Crippen molar-refractivity contribution < 1.29 is 0 Å². The quantitative estimate of drug-likeness (QED) is 0.734. The fourth-order valence-electron chi connectivity index (χ4n) is 1.86. The molecule has 0 unspecified atom stereocenters. The van der Waals surface area contributed by atoms with Crippen molar-refractivity contribution in [3.05, 3.63) is 35.8 Å². The topological polar surface area (TPSA) is 92.3 Å². The van der Waals surface area contributed by atoms with E-state index in [-0.39, 0.29) is 0 Å². The minimum Gasteiger partial charge on any atom is -0.364 e. The van der Waals surface area contributed by atoms with Gasteiger partial charge in [0.05, 0.1) is 35.7 Å². The van der Waals surface area contributed by atoms with E-state index in [1.807, 2.05) is 13.8 Å². The van der Waals surface area contributed by atoms with Crippen LogP contribution in [0.5, 0.6) is 0 Å². The summed E-state index contributed by atoms with van der Waals surface area (Å²) in [5, 5.41) is 10.9. The first-order chi connectivity index (χ1) is 9.22. The highest BCUT2D eigenvalue weighted by atomic mass is 15.2. The van der Waals surface area contributed by atoms with Gasteiger partial charge in [0.25, 0.3) is 0 Å². The van der Waals surface area contributed by atoms with Gasteiger partial charge in [0.1, 0.15) is 11.6 Å². The fourth-order valence-corrected chi connectivity index (χ4v) is 1.86. The molecule has 0 bridgehead atoms. The predicted molar refractivity (Wildman–Crippen MR) is 70.5 cm³/mol. The van der Waals surface area contributed by atoms with Gasteiger partial charge in [-0.3, -0.25) is 15.1 Å². The Morgan fingerprint density at radius 2 is 2.00 bits per heavy atom. The van der Waals surface area contributed by atoms with Crippen LogP contribution >= 0.6 is 0 Å². The summed E-state index contributed by atoms with van der Waals surface area (Å²) in [6.45, 7) is 4.32. The Morgan fingerprint density at radius 3 is 2.84 bits per heavy atom. The zero-order valence-corrected chi connectivity index (χ0v) is 10.7. The third kappa shape index (κ3) is 2.35. The van der Waals surface area contributed by atoms with E-state index in [0.29, 0.717) is 12.4 Å². The summed E-state index contributed by atoms with van der Waals surface area (Å²) in [6.07, 6.45) is 5.17. The smallest absolute Gasteiger partial charge is 0.161 e. The maximum atomic E-state index is 4.39. The van der Waals surface area contributed by atoms with E-state index in [2.05, 4.69) is 35.5 Å². The van der Waals surface area contributed by atoms with Crippen LogP contribution in [0, 0.1) is 13.8 Å². The van der Waals surface area contributed by atoms with Crippen molar-refractivity contribution in [3.8, 4) is 0 Å². The van der Waals surface area contributed by atoms with E-state index < -0.39 is 0 Å². The van der Waals surface area contributed by atoms with Gasteiger partial charge < -0.3 is 5.32 Å². The van der Waals surface area contributed by atoms with E-state index in [0.717, 1.165) is 28.2 Å². The lowest BCUT2D eigenvalue weighted by atomic mass is 10.3. The molecule has 19 heavy (non-hydrogen) atoms. The third-order valence-electron chi connectivity index (χ3n) is 2.66. The minimum absolute atomic E-state index is 0.561. The molecular formula is C12H13N7. The second kappa shape index (κ2) is 4.60.